The van der Waals surface area contributed by atoms with Gasteiger partial charge in [-0.25, -0.2) is 0 Å². The number of Topliss-reactive ketones (excluding diaryl/α,β-unsaturated/α-hetero) is 1. The van der Waals surface area contributed by atoms with Crippen LogP contribution >= 0.6 is 0 Å². The maximum atomic E-state index is 12.0. The SMILES string of the molecule is CCOC(C(=O)C(CC)CC)C(C)C. The zero-order chi connectivity index (χ0) is 11.1. The maximum absolute atomic E-state index is 12.0. The molecule has 0 bridgehead atoms. The summed E-state index contributed by atoms with van der Waals surface area (Å²) in [4.78, 5) is 12.0. The van der Waals surface area contributed by atoms with E-state index in [1.807, 2.05) is 20.8 Å². The highest BCUT2D eigenvalue weighted by molar-refractivity contribution is 5.85. The summed E-state index contributed by atoms with van der Waals surface area (Å²) in [7, 11) is 0. The minimum Gasteiger partial charge on any atom is -0.370 e. The van der Waals surface area contributed by atoms with Crippen LogP contribution in [0.3, 0.4) is 0 Å². The van der Waals surface area contributed by atoms with Gasteiger partial charge in [-0.2, -0.15) is 0 Å². The highest BCUT2D eigenvalue weighted by Crippen LogP contribution is 2.18. The fraction of sp³-hybridized carbons (Fsp3) is 0.917. The summed E-state index contributed by atoms with van der Waals surface area (Å²) >= 11 is 0. The first-order valence-corrected chi connectivity index (χ1v) is 5.73. The van der Waals surface area contributed by atoms with E-state index in [0.29, 0.717) is 6.61 Å². The predicted octanol–water partition coefficient (Wildman–Crippen LogP) is 3.05. The Hall–Kier alpha value is -0.370. The van der Waals surface area contributed by atoms with Crippen LogP contribution in [0.4, 0.5) is 0 Å². The monoisotopic (exact) mass is 200 g/mol. The van der Waals surface area contributed by atoms with Crippen LogP contribution in [0.25, 0.3) is 0 Å². The molecule has 0 radical (unpaired) electrons. The van der Waals surface area contributed by atoms with Crippen molar-refractivity contribution in [3.05, 3.63) is 0 Å². The lowest BCUT2D eigenvalue weighted by Crippen LogP contribution is -2.34. The summed E-state index contributed by atoms with van der Waals surface area (Å²) < 4.78 is 5.50. The lowest BCUT2D eigenvalue weighted by atomic mass is 9.90. The number of carbonyl (C=O) groups excluding carboxylic acids is 1. The Bertz CT molecular complexity index is 160. The van der Waals surface area contributed by atoms with E-state index in [2.05, 4.69) is 13.8 Å². The van der Waals surface area contributed by atoms with Crippen molar-refractivity contribution in [2.45, 2.75) is 53.6 Å². The summed E-state index contributed by atoms with van der Waals surface area (Å²) in [5.74, 6) is 0.740. The molecule has 0 aliphatic rings. The molecule has 0 aromatic carbocycles. The third kappa shape index (κ3) is 3.79. The van der Waals surface area contributed by atoms with Gasteiger partial charge in [0.05, 0.1) is 0 Å². The minimum atomic E-state index is -0.204. The van der Waals surface area contributed by atoms with Gasteiger partial charge < -0.3 is 4.74 Å². The molecule has 2 heteroatoms. The topological polar surface area (TPSA) is 26.3 Å². The number of ether oxygens (including phenoxy) is 1. The largest absolute Gasteiger partial charge is 0.370 e. The Morgan fingerprint density at radius 2 is 1.64 bits per heavy atom. The molecule has 0 amide bonds. The third-order valence-electron chi connectivity index (χ3n) is 2.62. The second-order valence-electron chi connectivity index (χ2n) is 4.04. The Morgan fingerprint density at radius 1 is 1.14 bits per heavy atom. The van der Waals surface area contributed by atoms with Gasteiger partial charge in [-0.15, -0.1) is 0 Å². The molecule has 0 aromatic rings. The van der Waals surface area contributed by atoms with Crippen LogP contribution in [0.5, 0.6) is 0 Å². The van der Waals surface area contributed by atoms with Gasteiger partial charge in [0, 0.05) is 12.5 Å². The normalized spacial score (nSPS) is 13.6. The lowest BCUT2D eigenvalue weighted by Gasteiger charge is -2.23. The molecule has 1 unspecified atom stereocenters. The molecule has 0 heterocycles. The fourth-order valence-electron chi connectivity index (χ4n) is 1.71. The van der Waals surface area contributed by atoms with Crippen molar-refractivity contribution in [3.8, 4) is 0 Å². The first-order valence-electron chi connectivity index (χ1n) is 5.73. The van der Waals surface area contributed by atoms with E-state index < -0.39 is 0 Å². The lowest BCUT2D eigenvalue weighted by molar-refractivity contribution is -0.137. The molecule has 84 valence electrons. The predicted molar refractivity (Wildman–Crippen MR) is 59.3 cm³/mol. The van der Waals surface area contributed by atoms with E-state index in [-0.39, 0.29) is 23.7 Å². The highest BCUT2D eigenvalue weighted by atomic mass is 16.5. The van der Waals surface area contributed by atoms with Crippen LogP contribution in [-0.2, 0) is 9.53 Å². The van der Waals surface area contributed by atoms with Crippen molar-refractivity contribution < 1.29 is 9.53 Å². The first kappa shape index (κ1) is 13.6. The van der Waals surface area contributed by atoms with Gasteiger partial charge in [-0.1, -0.05) is 27.7 Å². The molecule has 0 saturated carbocycles. The van der Waals surface area contributed by atoms with E-state index in [1.165, 1.54) is 0 Å². The van der Waals surface area contributed by atoms with Crippen molar-refractivity contribution >= 4 is 5.78 Å². The zero-order valence-electron chi connectivity index (χ0n) is 10.2. The van der Waals surface area contributed by atoms with Gasteiger partial charge in [-0.3, -0.25) is 4.79 Å². The molecule has 0 saturated heterocycles. The maximum Gasteiger partial charge on any atom is 0.164 e. The molecule has 0 rings (SSSR count). The van der Waals surface area contributed by atoms with Crippen molar-refractivity contribution in [2.75, 3.05) is 6.61 Å². The summed E-state index contributed by atoms with van der Waals surface area (Å²) in [6, 6.07) is 0. The molecule has 0 aliphatic heterocycles. The zero-order valence-corrected chi connectivity index (χ0v) is 10.2. The number of hydrogen-bond donors (Lipinski definition) is 0. The van der Waals surface area contributed by atoms with Crippen molar-refractivity contribution in [1.29, 1.82) is 0 Å². The van der Waals surface area contributed by atoms with Gasteiger partial charge in [0.25, 0.3) is 0 Å². The second-order valence-corrected chi connectivity index (χ2v) is 4.04. The van der Waals surface area contributed by atoms with Crippen LogP contribution in [0.15, 0.2) is 0 Å². The first-order chi connectivity index (χ1) is 6.58. The van der Waals surface area contributed by atoms with E-state index >= 15 is 0 Å². The quantitative estimate of drug-likeness (QED) is 0.631. The molecule has 2 nitrogen and oxygen atoms in total. The van der Waals surface area contributed by atoms with E-state index in [4.69, 9.17) is 4.74 Å². The molecule has 0 fully saturated rings. The summed E-state index contributed by atoms with van der Waals surface area (Å²) in [5, 5.41) is 0. The van der Waals surface area contributed by atoms with E-state index in [0.717, 1.165) is 12.8 Å². The van der Waals surface area contributed by atoms with Crippen molar-refractivity contribution in [1.82, 2.24) is 0 Å². The molecular formula is C12H24O2. The van der Waals surface area contributed by atoms with Crippen LogP contribution in [0.1, 0.15) is 47.5 Å². The Labute approximate surface area is 88.0 Å². The minimum absolute atomic E-state index is 0.175. The van der Waals surface area contributed by atoms with Gasteiger partial charge in [0.2, 0.25) is 0 Å². The summed E-state index contributed by atoms with van der Waals surface area (Å²) in [6.07, 6.45) is 1.64. The third-order valence-corrected chi connectivity index (χ3v) is 2.62. The number of carbonyl (C=O) groups is 1. The average Bonchev–Trinajstić information content (AvgIpc) is 2.15. The van der Waals surface area contributed by atoms with E-state index in [1.54, 1.807) is 0 Å². The Morgan fingerprint density at radius 3 is 1.93 bits per heavy atom. The molecule has 0 spiro atoms. The molecule has 0 aromatic heterocycles. The highest BCUT2D eigenvalue weighted by Gasteiger charge is 2.27. The van der Waals surface area contributed by atoms with Gasteiger partial charge >= 0.3 is 0 Å². The van der Waals surface area contributed by atoms with Gasteiger partial charge in [-0.05, 0) is 25.7 Å². The van der Waals surface area contributed by atoms with E-state index in [9.17, 15) is 4.79 Å². The van der Waals surface area contributed by atoms with Crippen molar-refractivity contribution in [2.24, 2.45) is 11.8 Å². The van der Waals surface area contributed by atoms with Crippen LogP contribution in [0.2, 0.25) is 0 Å². The molecule has 0 N–H and O–H groups in total. The Kier molecular flexibility index (Phi) is 6.81. The van der Waals surface area contributed by atoms with Crippen molar-refractivity contribution in [3.63, 3.8) is 0 Å². The number of rotatable bonds is 7. The van der Waals surface area contributed by atoms with Crippen LogP contribution in [-0.4, -0.2) is 18.5 Å². The number of hydrogen-bond acceptors (Lipinski definition) is 2. The molecular weight excluding hydrogens is 176 g/mol. The average molecular weight is 200 g/mol. The second kappa shape index (κ2) is 6.99. The van der Waals surface area contributed by atoms with Gasteiger partial charge in [0.15, 0.2) is 5.78 Å². The van der Waals surface area contributed by atoms with Crippen LogP contribution < -0.4 is 0 Å². The standard InChI is InChI=1S/C12H24O2/c1-6-10(7-2)11(13)12(9(4)5)14-8-3/h9-10,12H,6-8H2,1-5H3. The smallest absolute Gasteiger partial charge is 0.164 e. The number of ketones is 1. The fourth-order valence-corrected chi connectivity index (χ4v) is 1.71. The van der Waals surface area contributed by atoms with Gasteiger partial charge in [0.1, 0.15) is 6.10 Å². The molecule has 1 atom stereocenters. The summed E-state index contributed by atoms with van der Waals surface area (Å²) in [6.45, 7) is 10.8. The summed E-state index contributed by atoms with van der Waals surface area (Å²) in [5.41, 5.74) is 0. The Balaban J connectivity index is 4.40. The molecule has 14 heavy (non-hydrogen) atoms. The van der Waals surface area contributed by atoms with Crippen LogP contribution in [0, 0.1) is 11.8 Å². The molecule has 0 aliphatic carbocycles.